The third kappa shape index (κ3) is 4.99. The minimum atomic E-state index is 0.602. The fraction of sp³-hybridized carbons (Fsp3) is 0. The van der Waals surface area contributed by atoms with Gasteiger partial charge in [-0.3, -0.25) is 0 Å². The maximum absolute atomic E-state index is 6.22. The van der Waals surface area contributed by atoms with Crippen molar-refractivity contribution in [3.05, 3.63) is 170 Å². The summed E-state index contributed by atoms with van der Waals surface area (Å²) in [5.74, 6) is 1.83. The third-order valence-corrected chi connectivity index (χ3v) is 11.3. The van der Waals surface area contributed by atoms with Crippen molar-refractivity contribution in [3.63, 3.8) is 0 Å². The zero-order valence-corrected chi connectivity index (χ0v) is 29.6. The summed E-state index contributed by atoms with van der Waals surface area (Å²) in [4.78, 5) is 20.4. The van der Waals surface area contributed by atoms with E-state index in [0.29, 0.717) is 17.5 Å². The molecule has 0 bridgehead atoms. The second kappa shape index (κ2) is 12.3. The average Bonchev–Trinajstić information content (AvgIpc) is 3.83. The molecule has 0 amide bonds. The number of benzene rings is 7. The third-order valence-electron chi connectivity index (χ3n) is 10.1. The van der Waals surface area contributed by atoms with Gasteiger partial charge in [0.1, 0.15) is 11.2 Å². The molecule has 6 heteroatoms. The first-order chi connectivity index (χ1) is 26.7. The lowest BCUT2D eigenvalue weighted by Crippen LogP contribution is -2.00. The van der Waals surface area contributed by atoms with Gasteiger partial charge in [-0.25, -0.2) is 19.9 Å². The van der Waals surface area contributed by atoms with Gasteiger partial charge in [-0.05, 0) is 41.5 Å². The molecule has 0 aliphatic heterocycles. The van der Waals surface area contributed by atoms with Crippen LogP contribution in [0.15, 0.2) is 174 Å². The molecule has 0 radical (unpaired) electrons. The average molecular weight is 709 g/mol. The lowest BCUT2D eigenvalue weighted by Gasteiger charge is -2.10. The van der Waals surface area contributed by atoms with Crippen molar-refractivity contribution in [1.82, 2.24) is 19.9 Å². The Morgan fingerprint density at radius 1 is 0.389 bits per heavy atom. The number of pyridine rings is 1. The summed E-state index contributed by atoms with van der Waals surface area (Å²) in [7, 11) is 0. The van der Waals surface area contributed by atoms with E-state index in [0.717, 1.165) is 66.5 Å². The van der Waals surface area contributed by atoms with Gasteiger partial charge >= 0.3 is 0 Å². The Bertz CT molecular complexity index is 3210. The summed E-state index contributed by atoms with van der Waals surface area (Å²) in [6.45, 7) is 0. The summed E-state index contributed by atoms with van der Waals surface area (Å²) in [5, 5.41) is 5.62. The van der Waals surface area contributed by atoms with E-state index < -0.39 is 0 Å². The van der Waals surface area contributed by atoms with E-state index in [-0.39, 0.29) is 0 Å². The molecule has 7 aromatic carbocycles. The van der Waals surface area contributed by atoms with Crippen molar-refractivity contribution in [2.75, 3.05) is 0 Å². The van der Waals surface area contributed by atoms with Crippen LogP contribution in [-0.2, 0) is 0 Å². The summed E-state index contributed by atoms with van der Waals surface area (Å²) in [6, 6.07) is 58.5. The van der Waals surface area contributed by atoms with Crippen molar-refractivity contribution in [1.29, 1.82) is 0 Å². The Hall–Kier alpha value is -7.02. The van der Waals surface area contributed by atoms with Crippen LogP contribution in [0.2, 0.25) is 0 Å². The maximum Gasteiger partial charge on any atom is 0.164 e. The van der Waals surface area contributed by atoms with Gasteiger partial charge in [0.25, 0.3) is 0 Å². The van der Waals surface area contributed by atoms with Gasteiger partial charge in [0.15, 0.2) is 17.5 Å². The highest BCUT2D eigenvalue weighted by Crippen LogP contribution is 2.44. The van der Waals surface area contributed by atoms with Gasteiger partial charge in [-0.2, -0.15) is 0 Å². The molecule has 0 atom stereocenters. The van der Waals surface area contributed by atoms with Crippen molar-refractivity contribution in [2.24, 2.45) is 0 Å². The molecular formula is C48H28N4OS. The van der Waals surface area contributed by atoms with Crippen LogP contribution in [0.4, 0.5) is 0 Å². The predicted molar refractivity (Wildman–Crippen MR) is 222 cm³/mol. The zero-order valence-electron chi connectivity index (χ0n) is 28.8. The van der Waals surface area contributed by atoms with E-state index in [1.54, 1.807) is 0 Å². The number of para-hydroxylation sites is 2. The molecule has 0 saturated carbocycles. The molecule has 0 aliphatic carbocycles. The predicted octanol–water partition coefficient (Wildman–Crippen LogP) is 13.0. The van der Waals surface area contributed by atoms with Crippen molar-refractivity contribution in [3.8, 4) is 56.5 Å². The van der Waals surface area contributed by atoms with Crippen molar-refractivity contribution >= 4 is 64.4 Å². The SMILES string of the molecule is c1ccc(-c2nc(-c3ccc(-c4ccc5sc6c7ccccc7nc(-c7ccccc7)c6c5c4)cc3)nc(-c3cccc4oc5ccccc5c34)n2)cc1. The molecule has 11 rings (SSSR count). The van der Waals surface area contributed by atoms with E-state index in [1.165, 1.54) is 25.6 Å². The van der Waals surface area contributed by atoms with Crippen molar-refractivity contribution < 1.29 is 4.42 Å². The number of rotatable bonds is 5. The molecule has 4 aromatic heterocycles. The monoisotopic (exact) mass is 708 g/mol. The fourth-order valence-electron chi connectivity index (χ4n) is 7.56. The van der Waals surface area contributed by atoms with E-state index in [4.69, 9.17) is 24.4 Å². The Balaban J connectivity index is 1.04. The van der Waals surface area contributed by atoms with Gasteiger partial charge in [-0.15, -0.1) is 11.3 Å². The van der Waals surface area contributed by atoms with Gasteiger partial charge < -0.3 is 4.42 Å². The Labute approximate surface area is 313 Å². The Morgan fingerprint density at radius 3 is 1.80 bits per heavy atom. The summed E-state index contributed by atoms with van der Waals surface area (Å²) < 4.78 is 8.73. The lowest BCUT2D eigenvalue weighted by atomic mass is 9.99. The zero-order chi connectivity index (χ0) is 35.6. The van der Waals surface area contributed by atoms with Crippen LogP contribution in [0.5, 0.6) is 0 Å². The van der Waals surface area contributed by atoms with Gasteiger partial charge in [0.05, 0.1) is 11.2 Å². The maximum atomic E-state index is 6.22. The smallest absolute Gasteiger partial charge is 0.164 e. The summed E-state index contributed by atoms with van der Waals surface area (Å²) >= 11 is 1.84. The molecule has 54 heavy (non-hydrogen) atoms. The van der Waals surface area contributed by atoms with Crippen LogP contribution in [0, 0.1) is 0 Å². The van der Waals surface area contributed by atoms with Crippen LogP contribution < -0.4 is 0 Å². The molecule has 0 fully saturated rings. The van der Waals surface area contributed by atoms with Crippen LogP contribution in [0.1, 0.15) is 0 Å². The van der Waals surface area contributed by atoms with Crippen LogP contribution >= 0.6 is 11.3 Å². The molecule has 0 unspecified atom stereocenters. The molecule has 0 aliphatic rings. The largest absolute Gasteiger partial charge is 0.456 e. The highest BCUT2D eigenvalue weighted by atomic mass is 32.1. The molecule has 0 spiro atoms. The molecular weight excluding hydrogens is 681 g/mol. The quantitative estimate of drug-likeness (QED) is 0.178. The lowest BCUT2D eigenvalue weighted by molar-refractivity contribution is 0.669. The number of fused-ring (bicyclic) bond motifs is 8. The van der Waals surface area contributed by atoms with Gasteiger partial charge in [0, 0.05) is 58.6 Å². The summed E-state index contributed by atoms with van der Waals surface area (Å²) in [5.41, 5.74) is 9.78. The number of thiophene rings is 1. The molecule has 4 heterocycles. The van der Waals surface area contributed by atoms with Crippen LogP contribution in [0.25, 0.3) is 110 Å². The van der Waals surface area contributed by atoms with Gasteiger partial charge in [0.2, 0.25) is 0 Å². The molecule has 11 aromatic rings. The van der Waals surface area contributed by atoms with E-state index in [1.807, 2.05) is 72.0 Å². The minimum absolute atomic E-state index is 0.602. The number of nitrogens with zero attached hydrogens (tertiary/aromatic N) is 4. The number of hydrogen-bond acceptors (Lipinski definition) is 6. The van der Waals surface area contributed by atoms with E-state index >= 15 is 0 Å². The minimum Gasteiger partial charge on any atom is -0.456 e. The fourth-order valence-corrected chi connectivity index (χ4v) is 8.78. The van der Waals surface area contributed by atoms with Crippen LogP contribution in [-0.4, -0.2) is 19.9 Å². The standard InChI is InChI=1S/C48H28N4OS/c1-3-12-30(13-4-1)44-43-37-28-33(26-27-41(37)54-45(43)34-16-7-9-19-38(34)49-44)29-22-24-32(25-23-29)47-50-46(31-14-5-2-6-15-31)51-48(52-47)36-18-11-21-40-42(36)35-17-8-10-20-39(35)53-40/h1-28H. The first kappa shape index (κ1) is 30.6. The highest BCUT2D eigenvalue weighted by Gasteiger charge is 2.19. The van der Waals surface area contributed by atoms with E-state index in [2.05, 4.69) is 109 Å². The number of aromatic nitrogens is 4. The first-order valence-electron chi connectivity index (χ1n) is 17.9. The molecule has 5 nitrogen and oxygen atoms in total. The van der Waals surface area contributed by atoms with Crippen molar-refractivity contribution in [2.45, 2.75) is 0 Å². The van der Waals surface area contributed by atoms with E-state index in [9.17, 15) is 0 Å². The van der Waals surface area contributed by atoms with Gasteiger partial charge in [-0.1, -0.05) is 140 Å². The second-order valence-corrected chi connectivity index (χ2v) is 14.4. The Kier molecular flexibility index (Phi) is 6.97. The molecule has 0 saturated heterocycles. The topological polar surface area (TPSA) is 64.7 Å². The molecule has 0 N–H and O–H groups in total. The second-order valence-electron chi connectivity index (χ2n) is 13.4. The molecule has 252 valence electrons. The summed E-state index contributed by atoms with van der Waals surface area (Å²) in [6.07, 6.45) is 0. The highest BCUT2D eigenvalue weighted by molar-refractivity contribution is 7.26. The Morgan fingerprint density at radius 2 is 1.00 bits per heavy atom. The number of hydrogen-bond donors (Lipinski definition) is 0. The normalized spacial score (nSPS) is 11.7. The van der Waals surface area contributed by atoms with Crippen LogP contribution in [0.3, 0.4) is 0 Å². The number of furan rings is 1. The first-order valence-corrected chi connectivity index (χ1v) is 18.7.